The zero-order chi connectivity index (χ0) is 19.5. The molecule has 0 atom stereocenters. The summed E-state index contributed by atoms with van der Waals surface area (Å²) < 4.78 is 24.0. The van der Waals surface area contributed by atoms with Crippen LogP contribution in [0.4, 0.5) is 11.4 Å². The fourth-order valence-corrected chi connectivity index (χ4v) is 3.37. The second-order valence-corrected chi connectivity index (χ2v) is 7.60. The molecule has 0 radical (unpaired) electrons. The van der Waals surface area contributed by atoms with Crippen molar-refractivity contribution in [3.8, 4) is 0 Å². The molecule has 9 heteroatoms. The van der Waals surface area contributed by atoms with E-state index in [1.165, 1.54) is 42.2 Å². The summed E-state index contributed by atoms with van der Waals surface area (Å²) in [6, 6.07) is 9.99. The predicted octanol–water partition coefficient (Wildman–Crippen LogP) is 2.36. The summed E-state index contributed by atoms with van der Waals surface area (Å²) >= 11 is 0. The molecule has 1 amide bonds. The molecular formula is C17H16N2O6S. The molecule has 0 spiro atoms. The molecule has 136 valence electrons. The third-order valence-corrected chi connectivity index (χ3v) is 4.84. The second kappa shape index (κ2) is 7.44. The van der Waals surface area contributed by atoms with Crippen LogP contribution in [0.3, 0.4) is 0 Å². The first-order chi connectivity index (χ1) is 12.1. The Morgan fingerprint density at radius 1 is 1.23 bits per heavy atom. The number of hydrogen-bond acceptors (Lipinski definition) is 6. The Morgan fingerprint density at radius 2 is 1.88 bits per heavy atom. The number of benzene rings is 2. The van der Waals surface area contributed by atoms with Crippen LogP contribution in [0.1, 0.15) is 22.8 Å². The molecule has 2 aromatic rings. The minimum absolute atomic E-state index is 0.0192. The summed E-state index contributed by atoms with van der Waals surface area (Å²) in [6.45, 7) is 1.19. The molecule has 0 saturated heterocycles. The topological polar surface area (TPSA) is 115 Å². The van der Waals surface area contributed by atoms with Gasteiger partial charge in [-0.15, -0.1) is 0 Å². The van der Waals surface area contributed by atoms with E-state index < -0.39 is 20.7 Å². The lowest BCUT2D eigenvalue weighted by Crippen LogP contribution is -2.29. The number of nitro benzene ring substituents is 1. The number of anilines is 1. The van der Waals surface area contributed by atoms with Crippen molar-refractivity contribution in [3.63, 3.8) is 0 Å². The zero-order valence-electron chi connectivity index (χ0n) is 14.1. The summed E-state index contributed by atoms with van der Waals surface area (Å²) in [5.41, 5.74) is 0.118. The smallest absolute Gasteiger partial charge is 0.280 e. The van der Waals surface area contributed by atoms with Gasteiger partial charge in [0.1, 0.15) is 0 Å². The van der Waals surface area contributed by atoms with E-state index in [0.29, 0.717) is 11.8 Å². The van der Waals surface area contributed by atoms with Gasteiger partial charge in [0.2, 0.25) is 5.91 Å². The zero-order valence-corrected chi connectivity index (χ0v) is 14.9. The number of rotatable bonds is 6. The van der Waals surface area contributed by atoms with Gasteiger partial charge in [-0.25, -0.2) is 8.42 Å². The van der Waals surface area contributed by atoms with E-state index in [0.717, 1.165) is 6.26 Å². The lowest BCUT2D eigenvalue weighted by atomic mass is 10.1. The van der Waals surface area contributed by atoms with E-state index in [9.17, 15) is 28.1 Å². The molecule has 2 aromatic carbocycles. The molecule has 0 unspecified atom stereocenters. The van der Waals surface area contributed by atoms with Crippen molar-refractivity contribution in [2.45, 2.75) is 18.4 Å². The van der Waals surface area contributed by atoms with Gasteiger partial charge in [-0.05, 0) is 23.8 Å². The van der Waals surface area contributed by atoms with E-state index >= 15 is 0 Å². The number of sulfone groups is 1. The molecule has 0 heterocycles. The van der Waals surface area contributed by atoms with Crippen LogP contribution in [0, 0.1) is 10.1 Å². The summed E-state index contributed by atoms with van der Waals surface area (Å²) in [7, 11) is -3.59. The molecule has 0 fully saturated rings. The molecule has 0 N–H and O–H groups in total. The van der Waals surface area contributed by atoms with E-state index in [-0.39, 0.29) is 28.4 Å². The number of aldehydes is 1. The Labute approximate surface area is 150 Å². The van der Waals surface area contributed by atoms with E-state index in [4.69, 9.17) is 0 Å². The first kappa shape index (κ1) is 19.3. The highest BCUT2D eigenvalue weighted by Crippen LogP contribution is 2.28. The molecule has 2 rings (SSSR count). The molecule has 8 nitrogen and oxygen atoms in total. The molecule has 26 heavy (non-hydrogen) atoms. The molecule has 0 aliphatic rings. The maximum absolute atomic E-state index is 12.1. The van der Waals surface area contributed by atoms with Crippen LogP contribution < -0.4 is 4.90 Å². The molecular weight excluding hydrogens is 360 g/mol. The first-order valence-electron chi connectivity index (χ1n) is 7.45. The largest absolute Gasteiger partial charge is 0.307 e. The number of hydrogen-bond donors (Lipinski definition) is 0. The van der Waals surface area contributed by atoms with Crippen LogP contribution in [0.15, 0.2) is 47.4 Å². The van der Waals surface area contributed by atoms with E-state index in [2.05, 4.69) is 0 Å². The maximum Gasteiger partial charge on any atom is 0.280 e. The van der Waals surface area contributed by atoms with Crippen LogP contribution in [0.5, 0.6) is 0 Å². The monoisotopic (exact) mass is 376 g/mol. The third kappa shape index (κ3) is 4.12. The minimum atomic E-state index is -3.59. The van der Waals surface area contributed by atoms with Gasteiger partial charge in [-0.2, -0.15) is 0 Å². The van der Waals surface area contributed by atoms with Gasteiger partial charge in [0, 0.05) is 19.2 Å². The van der Waals surface area contributed by atoms with Gasteiger partial charge in [-0.1, -0.05) is 18.2 Å². The van der Waals surface area contributed by atoms with Crippen LogP contribution >= 0.6 is 0 Å². The number of amides is 1. The number of nitrogens with zero attached hydrogens (tertiary/aromatic N) is 2. The Hall–Kier alpha value is -3.07. The van der Waals surface area contributed by atoms with Crippen molar-refractivity contribution < 1.29 is 22.9 Å². The molecule has 0 bridgehead atoms. The van der Waals surface area contributed by atoms with Gasteiger partial charge in [0.25, 0.3) is 5.69 Å². The second-order valence-electron chi connectivity index (χ2n) is 5.61. The van der Waals surface area contributed by atoms with Crippen molar-refractivity contribution in [1.82, 2.24) is 0 Å². The highest BCUT2D eigenvalue weighted by Gasteiger charge is 2.22. The summed E-state index contributed by atoms with van der Waals surface area (Å²) in [6.07, 6.45) is 1.41. The summed E-state index contributed by atoms with van der Waals surface area (Å²) in [5, 5.41) is 11.1. The van der Waals surface area contributed by atoms with Gasteiger partial charge in [-0.3, -0.25) is 19.7 Å². The standard InChI is InChI=1S/C17H16N2O6S/c1-12(21)18(15-5-3-4-6-17(15)26(2,24)25)10-13-7-8-14(11-20)16(9-13)19(22)23/h3-9,11H,10H2,1-2H3. The quantitative estimate of drug-likeness (QED) is 0.434. The summed E-state index contributed by atoms with van der Waals surface area (Å²) in [4.78, 5) is 34.6. The average molecular weight is 376 g/mol. The normalized spacial score (nSPS) is 11.0. The molecule has 0 aliphatic carbocycles. The average Bonchev–Trinajstić information content (AvgIpc) is 2.58. The SMILES string of the molecule is CC(=O)N(Cc1ccc(C=O)c([N+](=O)[O-])c1)c1ccccc1S(C)(=O)=O. The Morgan fingerprint density at radius 3 is 2.42 bits per heavy atom. The predicted molar refractivity (Wildman–Crippen MR) is 94.9 cm³/mol. The fraction of sp³-hybridized carbons (Fsp3) is 0.176. The minimum Gasteiger partial charge on any atom is -0.307 e. The Balaban J connectivity index is 2.52. The number of nitro groups is 1. The van der Waals surface area contributed by atoms with Crippen molar-refractivity contribution in [2.75, 3.05) is 11.2 Å². The fourth-order valence-electron chi connectivity index (χ4n) is 2.49. The highest BCUT2D eigenvalue weighted by molar-refractivity contribution is 7.90. The van der Waals surface area contributed by atoms with Gasteiger partial charge < -0.3 is 4.90 Å². The number of carbonyl (C=O) groups excluding carboxylic acids is 2. The molecule has 0 saturated carbocycles. The summed E-state index contributed by atoms with van der Waals surface area (Å²) in [5.74, 6) is -0.428. The maximum atomic E-state index is 12.1. The number of para-hydroxylation sites is 1. The van der Waals surface area contributed by atoms with Crippen molar-refractivity contribution >= 4 is 33.4 Å². The van der Waals surface area contributed by atoms with Gasteiger partial charge in [0.15, 0.2) is 16.1 Å². The Bertz CT molecular complexity index is 984. The number of carbonyl (C=O) groups is 2. The van der Waals surface area contributed by atoms with Crippen molar-refractivity contribution in [3.05, 3.63) is 63.7 Å². The van der Waals surface area contributed by atoms with Gasteiger partial charge in [0.05, 0.1) is 27.6 Å². The molecule has 0 aromatic heterocycles. The lowest BCUT2D eigenvalue weighted by molar-refractivity contribution is -0.385. The van der Waals surface area contributed by atoms with Crippen LogP contribution in [-0.4, -0.2) is 31.8 Å². The lowest BCUT2D eigenvalue weighted by Gasteiger charge is -2.23. The molecule has 0 aliphatic heterocycles. The van der Waals surface area contributed by atoms with Crippen molar-refractivity contribution in [1.29, 1.82) is 0 Å². The van der Waals surface area contributed by atoms with E-state index in [1.807, 2.05) is 0 Å². The first-order valence-corrected chi connectivity index (χ1v) is 9.34. The van der Waals surface area contributed by atoms with Crippen molar-refractivity contribution in [2.24, 2.45) is 0 Å². The van der Waals surface area contributed by atoms with Gasteiger partial charge >= 0.3 is 0 Å². The highest BCUT2D eigenvalue weighted by atomic mass is 32.2. The third-order valence-electron chi connectivity index (χ3n) is 3.69. The van der Waals surface area contributed by atoms with Crippen LogP contribution in [0.2, 0.25) is 0 Å². The van der Waals surface area contributed by atoms with Crippen LogP contribution in [0.25, 0.3) is 0 Å². The Kier molecular flexibility index (Phi) is 5.51. The van der Waals surface area contributed by atoms with Crippen LogP contribution in [-0.2, 0) is 21.2 Å². The van der Waals surface area contributed by atoms with E-state index in [1.54, 1.807) is 12.1 Å².